The summed E-state index contributed by atoms with van der Waals surface area (Å²) in [6, 6.07) is -0.673. The summed E-state index contributed by atoms with van der Waals surface area (Å²) in [7, 11) is 0. The zero-order valence-corrected chi connectivity index (χ0v) is 17.6. The molecule has 0 rings (SSSR count). The molecule has 1 N–H and O–H groups in total. The fraction of sp³-hybridized carbons (Fsp3) is 0.789. The van der Waals surface area contributed by atoms with Crippen LogP contribution in [0.15, 0.2) is 4.99 Å². The lowest BCUT2D eigenvalue weighted by Gasteiger charge is -2.24. The van der Waals surface area contributed by atoms with Gasteiger partial charge in [-0.15, -0.1) is 0 Å². The molecular formula is C19H34N2O5. The third-order valence-corrected chi connectivity index (χ3v) is 2.91. The van der Waals surface area contributed by atoms with E-state index in [-0.39, 0.29) is 24.8 Å². The van der Waals surface area contributed by atoms with Crippen LogP contribution in [0, 0.1) is 5.92 Å². The molecule has 0 radical (unpaired) electrons. The van der Waals surface area contributed by atoms with Crippen molar-refractivity contribution < 1.29 is 23.9 Å². The van der Waals surface area contributed by atoms with E-state index in [4.69, 9.17) is 9.47 Å². The molecule has 0 aliphatic carbocycles. The summed E-state index contributed by atoms with van der Waals surface area (Å²) < 4.78 is 10.5. The highest BCUT2D eigenvalue weighted by Crippen LogP contribution is 2.15. The summed E-state index contributed by atoms with van der Waals surface area (Å²) in [4.78, 5) is 40.2. The minimum absolute atomic E-state index is 0.00514. The monoisotopic (exact) mass is 370 g/mol. The van der Waals surface area contributed by atoms with Crippen LogP contribution in [0.5, 0.6) is 0 Å². The Labute approximate surface area is 156 Å². The summed E-state index contributed by atoms with van der Waals surface area (Å²) in [6.45, 7) is 15.9. The van der Waals surface area contributed by atoms with Crippen LogP contribution in [0.25, 0.3) is 0 Å². The molecule has 0 saturated carbocycles. The topological polar surface area (TPSA) is 94.1 Å². The lowest BCUT2D eigenvalue weighted by molar-refractivity contribution is -0.157. The zero-order chi connectivity index (χ0) is 20.7. The minimum Gasteiger partial charge on any atom is -0.459 e. The fourth-order valence-corrected chi connectivity index (χ4v) is 1.96. The summed E-state index contributed by atoms with van der Waals surface area (Å²) in [5, 5.41) is 2.50. The summed E-state index contributed by atoms with van der Waals surface area (Å²) >= 11 is 0. The molecule has 0 spiro atoms. The maximum atomic E-state index is 12.3. The van der Waals surface area contributed by atoms with Crippen molar-refractivity contribution in [3.8, 4) is 0 Å². The first kappa shape index (κ1) is 24.1. The largest absolute Gasteiger partial charge is 0.459 e. The highest BCUT2D eigenvalue weighted by Gasteiger charge is 2.27. The fourth-order valence-electron chi connectivity index (χ4n) is 1.96. The Bertz CT molecular complexity index is 539. The van der Waals surface area contributed by atoms with Gasteiger partial charge in [-0.3, -0.25) is 14.6 Å². The first-order valence-electron chi connectivity index (χ1n) is 8.85. The third kappa shape index (κ3) is 11.6. The molecular weight excluding hydrogens is 336 g/mol. The van der Waals surface area contributed by atoms with E-state index in [0.717, 1.165) is 0 Å². The number of rotatable bonds is 7. The first-order chi connectivity index (χ1) is 11.6. The second-order valence-electron chi connectivity index (χ2n) is 8.63. The Morgan fingerprint density at radius 2 is 1.46 bits per heavy atom. The van der Waals surface area contributed by atoms with E-state index in [1.54, 1.807) is 48.5 Å². The van der Waals surface area contributed by atoms with Gasteiger partial charge in [0.15, 0.2) is 0 Å². The van der Waals surface area contributed by atoms with Gasteiger partial charge in [0.25, 0.3) is 0 Å². The zero-order valence-electron chi connectivity index (χ0n) is 17.6. The lowest BCUT2D eigenvalue weighted by Crippen LogP contribution is -2.36. The van der Waals surface area contributed by atoms with Crippen molar-refractivity contribution in [2.24, 2.45) is 10.9 Å². The Morgan fingerprint density at radius 1 is 0.962 bits per heavy atom. The van der Waals surface area contributed by atoms with Crippen molar-refractivity contribution >= 4 is 23.6 Å². The molecule has 0 aromatic heterocycles. The highest BCUT2D eigenvalue weighted by molar-refractivity contribution is 6.01. The molecule has 0 bridgehead atoms. The SMILES string of the molecule is CC(CC(=O)NCC(=O)OC(C)(C)C)=N[C@@H](C(=O)OC(C)(C)C)C(C)C. The number of nitrogens with one attached hydrogen (secondary N) is 1. The molecule has 1 amide bonds. The molecule has 1 atom stereocenters. The van der Waals surface area contributed by atoms with Gasteiger partial charge in [0, 0.05) is 5.71 Å². The molecule has 0 unspecified atom stereocenters. The second-order valence-corrected chi connectivity index (χ2v) is 8.63. The van der Waals surface area contributed by atoms with Gasteiger partial charge in [-0.05, 0) is 54.4 Å². The average molecular weight is 370 g/mol. The van der Waals surface area contributed by atoms with Gasteiger partial charge in [0.05, 0.1) is 6.42 Å². The van der Waals surface area contributed by atoms with E-state index in [2.05, 4.69) is 10.3 Å². The van der Waals surface area contributed by atoms with Crippen LogP contribution in [0.3, 0.4) is 0 Å². The molecule has 7 heteroatoms. The number of hydrogen-bond donors (Lipinski definition) is 1. The van der Waals surface area contributed by atoms with Crippen LogP contribution in [0.4, 0.5) is 0 Å². The molecule has 0 heterocycles. The van der Waals surface area contributed by atoms with E-state index in [1.165, 1.54) is 0 Å². The van der Waals surface area contributed by atoms with Crippen LogP contribution in [-0.4, -0.2) is 47.3 Å². The van der Waals surface area contributed by atoms with Crippen molar-refractivity contribution in [2.75, 3.05) is 6.54 Å². The van der Waals surface area contributed by atoms with Gasteiger partial charge in [0.1, 0.15) is 23.8 Å². The normalized spacial score (nSPS) is 14.0. The standard InChI is InChI=1S/C19H34N2O5/c1-12(2)16(17(24)26-19(7,8)9)21-13(3)10-14(22)20-11-15(23)25-18(4,5)6/h12,16H,10-11H2,1-9H3,(H,20,22)/t16-/m1/s1. The predicted molar refractivity (Wildman–Crippen MR) is 101 cm³/mol. The Hall–Kier alpha value is -1.92. The molecule has 0 fully saturated rings. The average Bonchev–Trinajstić information content (AvgIpc) is 2.38. The molecule has 0 saturated heterocycles. The van der Waals surface area contributed by atoms with Gasteiger partial charge in [-0.1, -0.05) is 13.8 Å². The Balaban J connectivity index is 4.73. The van der Waals surface area contributed by atoms with Gasteiger partial charge in [0.2, 0.25) is 5.91 Å². The number of carbonyl (C=O) groups is 3. The van der Waals surface area contributed by atoms with E-state index >= 15 is 0 Å². The minimum atomic E-state index is -0.673. The van der Waals surface area contributed by atoms with Crippen LogP contribution < -0.4 is 5.32 Å². The number of ether oxygens (including phenoxy) is 2. The number of aliphatic imine (C=N–C) groups is 1. The molecule has 26 heavy (non-hydrogen) atoms. The number of hydrogen-bond acceptors (Lipinski definition) is 6. The van der Waals surface area contributed by atoms with E-state index in [0.29, 0.717) is 5.71 Å². The number of nitrogens with zero attached hydrogens (tertiary/aromatic N) is 1. The van der Waals surface area contributed by atoms with Crippen molar-refractivity contribution in [3.05, 3.63) is 0 Å². The van der Waals surface area contributed by atoms with Gasteiger partial charge in [-0.25, -0.2) is 4.79 Å². The smallest absolute Gasteiger partial charge is 0.331 e. The molecule has 0 aromatic carbocycles. The summed E-state index contributed by atoms with van der Waals surface area (Å²) in [5.41, 5.74) is -0.702. The van der Waals surface area contributed by atoms with Crippen LogP contribution in [0.1, 0.15) is 68.7 Å². The van der Waals surface area contributed by atoms with E-state index in [9.17, 15) is 14.4 Å². The van der Waals surface area contributed by atoms with Crippen molar-refractivity contribution in [3.63, 3.8) is 0 Å². The quantitative estimate of drug-likeness (QED) is 0.549. The maximum Gasteiger partial charge on any atom is 0.331 e. The maximum absolute atomic E-state index is 12.3. The number of amides is 1. The van der Waals surface area contributed by atoms with Gasteiger partial charge >= 0.3 is 11.9 Å². The van der Waals surface area contributed by atoms with Gasteiger partial charge in [-0.2, -0.15) is 0 Å². The predicted octanol–water partition coefficient (Wildman–Crippen LogP) is 2.66. The second kappa shape index (κ2) is 9.69. The van der Waals surface area contributed by atoms with Crippen LogP contribution in [-0.2, 0) is 23.9 Å². The molecule has 0 aliphatic heterocycles. The number of esters is 2. The molecule has 150 valence electrons. The Kier molecular flexibility index (Phi) is 8.97. The number of carbonyl (C=O) groups excluding carboxylic acids is 3. The van der Waals surface area contributed by atoms with Crippen molar-refractivity contribution in [1.82, 2.24) is 5.32 Å². The Morgan fingerprint density at radius 3 is 1.88 bits per heavy atom. The molecule has 7 nitrogen and oxygen atoms in total. The van der Waals surface area contributed by atoms with E-state index in [1.807, 2.05) is 13.8 Å². The van der Waals surface area contributed by atoms with Crippen molar-refractivity contribution in [2.45, 2.75) is 86.0 Å². The highest BCUT2D eigenvalue weighted by atomic mass is 16.6. The van der Waals surface area contributed by atoms with E-state index < -0.39 is 29.2 Å². The molecule has 0 aliphatic rings. The summed E-state index contributed by atoms with van der Waals surface area (Å²) in [5.74, 6) is -1.34. The third-order valence-electron chi connectivity index (χ3n) is 2.91. The van der Waals surface area contributed by atoms with Crippen molar-refractivity contribution in [1.29, 1.82) is 0 Å². The van der Waals surface area contributed by atoms with Gasteiger partial charge < -0.3 is 14.8 Å². The molecule has 0 aromatic rings. The summed E-state index contributed by atoms with van der Waals surface area (Å²) in [6.07, 6.45) is -0.00514. The first-order valence-corrected chi connectivity index (χ1v) is 8.85. The van der Waals surface area contributed by atoms with Crippen LogP contribution >= 0.6 is 0 Å². The van der Waals surface area contributed by atoms with Crippen LogP contribution in [0.2, 0.25) is 0 Å². The lowest BCUT2D eigenvalue weighted by atomic mass is 10.0.